The van der Waals surface area contributed by atoms with E-state index in [0.717, 1.165) is 31.0 Å². The number of morpholine rings is 1. The second-order valence-electron chi connectivity index (χ2n) is 30.8. The van der Waals surface area contributed by atoms with Crippen LogP contribution in [-0.2, 0) is 67.0 Å². The number of ether oxygens (including phenoxy) is 2. The summed E-state index contributed by atoms with van der Waals surface area (Å²) in [5.74, 6) is -11.3. The van der Waals surface area contributed by atoms with Gasteiger partial charge in [-0.1, -0.05) is 103 Å². The largest absolute Gasteiger partial charge is 0.390 e. The fourth-order valence-corrected chi connectivity index (χ4v) is 13.4. The number of carbonyl (C=O) groups is 12. The van der Waals surface area contributed by atoms with Crippen LogP contribution >= 0.6 is 0 Å². The van der Waals surface area contributed by atoms with Crippen LogP contribution in [0.25, 0.3) is 0 Å². The zero-order valence-electron chi connectivity index (χ0n) is 65.6. The molecule has 0 saturated carbocycles. The third-order valence-electron chi connectivity index (χ3n) is 20.1. The highest BCUT2D eigenvalue weighted by Crippen LogP contribution is 2.28. The number of rotatable bonds is 24. The van der Waals surface area contributed by atoms with Crippen molar-refractivity contribution in [3.05, 3.63) is 0 Å². The maximum Gasteiger partial charge on any atom is 0.245 e. The smallest absolute Gasteiger partial charge is 0.245 e. The first-order chi connectivity index (χ1) is 46.5. The summed E-state index contributed by atoms with van der Waals surface area (Å²) in [6.45, 7) is 31.8. The number of aliphatic hydroxyl groups is 1. The van der Waals surface area contributed by atoms with Crippen LogP contribution < -0.4 is 16.0 Å². The van der Waals surface area contributed by atoms with Crippen molar-refractivity contribution in [3.8, 4) is 0 Å². The van der Waals surface area contributed by atoms with Gasteiger partial charge in [0, 0.05) is 107 Å². The topological polar surface area (TPSA) is 306 Å². The lowest BCUT2D eigenvalue weighted by Crippen LogP contribution is -2.63. The number of Topliss-reactive ketones (excluding diaryl/α,β-unsaturated/α-hetero) is 2. The molecule has 100 heavy (non-hydrogen) atoms. The Morgan fingerprint density at radius 3 is 1.59 bits per heavy atom. The molecule has 574 valence electrons. The highest BCUT2D eigenvalue weighted by Gasteiger charge is 2.45. The summed E-state index contributed by atoms with van der Waals surface area (Å²) in [5, 5.41) is 20.6. The van der Waals surface area contributed by atoms with Crippen molar-refractivity contribution in [3.63, 3.8) is 0 Å². The van der Waals surface area contributed by atoms with Gasteiger partial charge in [0.2, 0.25) is 59.1 Å². The molecular weight excluding hydrogens is 1280 g/mol. The van der Waals surface area contributed by atoms with Crippen LogP contribution in [0.3, 0.4) is 0 Å². The summed E-state index contributed by atoms with van der Waals surface area (Å²) >= 11 is 0. The van der Waals surface area contributed by atoms with Crippen LogP contribution in [0.15, 0.2) is 0 Å². The number of likely N-dealkylation sites (N-methyl/N-ethyl adjacent to an activating group) is 6. The first-order valence-corrected chi connectivity index (χ1v) is 36.9. The Morgan fingerprint density at radius 2 is 1.07 bits per heavy atom. The van der Waals surface area contributed by atoms with Gasteiger partial charge >= 0.3 is 0 Å². The molecule has 0 aromatic carbocycles. The standard InChI is InChI=1S/C74H133N11O15/c1-25-55-72(96)79(19)52(15)70(94)84(24)64(53(16)100-36-30-29-33-85-34-37-99-38-35-85)60(87)43-54(47(8)9)71(95)80(20)56(39-44(2)3)59(86)42-50(13)66(90)75-51(14)69(93)81(21)57(40-45(4)5)73(97)82(22)58(41-46(6)7)74(98)83(23)63(48(10)11)68(92)77-62(67(91)76-55)65(89)49(12)31-27-26-28-32-61(88)78(17)18/h44-58,62-65,89H,25-43H2,1-24H3,(H,75,90)(H,76,91)(H,77,92)/t49-,50-,51-,52-,53-,54+,55+,56+,57+,58+,62+,63+,64+,65-/m1/s1. The molecule has 0 aromatic rings. The number of aliphatic hydroxyl groups excluding tert-OH is 1. The van der Waals surface area contributed by atoms with Gasteiger partial charge in [-0.2, -0.15) is 0 Å². The Hall–Kier alpha value is -6.12. The van der Waals surface area contributed by atoms with E-state index in [2.05, 4.69) is 20.9 Å². The molecule has 2 rings (SSSR count). The van der Waals surface area contributed by atoms with Gasteiger partial charge in [0.25, 0.3) is 0 Å². The number of nitrogens with one attached hydrogen (secondary N) is 3. The molecule has 0 unspecified atom stereocenters. The van der Waals surface area contributed by atoms with Crippen molar-refractivity contribution in [1.29, 1.82) is 0 Å². The van der Waals surface area contributed by atoms with Gasteiger partial charge in [0.15, 0.2) is 11.6 Å². The molecule has 0 bridgehead atoms. The van der Waals surface area contributed by atoms with E-state index in [1.807, 2.05) is 41.5 Å². The summed E-state index contributed by atoms with van der Waals surface area (Å²) in [6, 6.07) is -11.5. The van der Waals surface area contributed by atoms with Crippen molar-refractivity contribution >= 4 is 70.6 Å². The van der Waals surface area contributed by atoms with Crippen molar-refractivity contribution in [2.24, 2.45) is 47.3 Å². The Morgan fingerprint density at radius 1 is 0.550 bits per heavy atom. The molecule has 0 aromatic heterocycles. The molecule has 2 aliphatic rings. The molecule has 26 heteroatoms. The van der Waals surface area contributed by atoms with Crippen LogP contribution in [-0.4, -0.2) is 277 Å². The molecule has 0 spiro atoms. The number of unbranched alkanes of at least 4 members (excludes halogenated alkanes) is 3. The maximum absolute atomic E-state index is 15.2. The van der Waals surface area contributed by atoms with Gasteiger partial charge in [0.05, 0.1) is 31.5 Å². The first-order valence-electron chi connectivity index (χ1n) is 36.9. The molecule has 2 fully saturated rings. The van der Waals surface area contributed by atoms with E-state index in [1.54, 1.807) is 69.5 Å². The first kappa shape index (κ1) is 90.0. The van der Waals surface area contributed by atoms with Crippen LogP contribution in [0.5, 0.6) is 0 Å². The highest BCUT2D eigenvalue weighted by atomic mass is 16.5. The second kappa shape index (κ2) is 43.1. The minimum Gasteiger partial charge on any atom is -0.390 e. The van der Waals surface area contributed by atoms with Gasteiger partial charge in [-0.05, 0) is 114 Å². The fourth-order valence-electron chi connectivity index (χ4n) is 13.4. The number of amides is 10. The lowest BCUT2D eigenvalue weighted by Gasteiger charge is -2.40. The molecule has 2 aliphatic heterocycles. The summed E-state index contributed by atoms with van der Waals surface area (Å²) in [6.07, 6.45) is 1.14. The van der Waals surface area contributed by atoms with Gasteiger partial charge in [-0.3, -0.25) is 62.4 Å². The second-order valence-corrected chi connectivity index (χ2v) is 30.8. The lowest BCUT2D eigenvalue weighted by molar-refractivity contribution is -0.154. The van der Waals surface area contributed by atoms with E-state index in [4.69, 9.17) is 9.47 Å². The summed E-state index contributed by atoms with van der Waals surface area (Å²) < 4.78 is 11.9. The maximum atomic E-state index is 15.2. The number of nitrogens with zero attached hydrogens (tertiary/aromatic N) is 8. The monoisotopic (exact) mass is 1420 g/mol. The molecule has 14 atom stereocenters. The van der Waals surface area contributed by atoms with E-state index >= 15 is 33.6 Å². The molecule has 26 nitrogen and oxygen atoms in total. The van der Waals surface area contributed by atoms with Crippen molar-refractivity contribution in [2.75, 3.05) is 95.8 Å². The predicted octanol–water partition coefficient (Wildman–Crippen LogP) is 5.04. The Labute approximate surface area is 599 Å². The van der Waals surface area contributed by atoms with Crippen LogP contribution in [0.1, 0.15) is 194 Å². The Balaban J connectivity index is 2.99. The van der Waals surface area contributed by atoms with Crippen molar-refractivity contribution < 1.29 is 72.1 Å². The zero-order chi connectivity index (χ0) is 76.5. The van der Waals surface area contributed by atoms with Crippen molar-refractivity contribution in [2.45, 2.75) is 261 Å². The van der Waals surface area contributed by atoms with Gasteiger partial charge in [0.1, 0.15) is 48.3 Å². The summed E-state index contributed by atoms with van der Waals surface area (Å²) in [7, 11) is 12.0. The van der Waals surface area contributed by atoms with Gasteiger partial charge in [-0.25, -0.2) is 0 Å². The van der Waals surface area contributed by atoms with E-state index in [0.29, 0.717) is 51.7 Å². The summed E-state index contributed by atoms with van der Waals surface area (Å²) in [4.78, 5) is 188. The quantitative estimate of drug-likeness (QED) is 0.0920. The average molecular weight is 1420 g/mol. The normalized spacial score (nSPS) is 26.7. The van der Waals surface area contributed by atoms with Gasteiger partial charge in [-0.15, -0.1) is 0 Å². The number of hydrogen-bond acceptors (Lipinski definition) is 16. The molecular formula is C74H133N11O15. The number of carbonyl (C=O) groups excluding carboxylic acids is 12. The molecule has 2 saturated heterocycles. The number of ketones is 2. The minimum atomic E-state index is -1.72. The van der Waals surface area contributed by atoms with Crippen LogP contribution in [0.4, 0.5) is 0 Å². The van der Waals surface area contributed by atoms with E-state index in [-0.39, 0.29) is 68.8 Å². The van der Waals surface area contributed by atoms with E-state index in [9.17, 15) is 29.1 Å². The summed E-state index contributed by atoms with van der Waals surface area (Å²) in [5.41, 5.74) is 0. The molecule has 0 aliphatic carbocycles. The fraction of sp³-hybridized carbons (Fsp3) is 0.838. The predicted molar refractivity (Wildman–Crippen MR) is 386 cm³/mol. The molecule has 0 radical (unpaired) electrons. The third-order valence-corrected chi connectivity index (χ3v) is 20.1. The highest BCUT2D eigenvalue weighted by molar-refractivity contribution is 6.00. The van der Waals surface area contributed by atoms with E-state index in [1.165, 1.54) is 85.5 Å². The minimum absolute atomic E-state index is 0.0196. The lowest BCUT2D eigenvalue weighted by atomic mass is 9.85. The van der Waals surface area contributed by atoms with Gasteiger partial charge < -0.3 is 64.8 Å². The van der Waals surface area contributed by atoms with Crippen LogP contribution in [0, 0.1) is 47.3 Å². The zero-order valence-corrected chi connectivity index (χ0v) is 65.6. The Bertz CT molecular complexity index is 2690. The molecule has 10 amide bonds. The molecule has 2 heterocycles. The SMILES string of the molecule is CC[C@@H]1NC(=O)[C@H]([C@H](O)[C@H](C)CCCCCC(=O)N(C)C)NC(=O)[C@H](C(C)C)N(C)C(=O)[C@H](CC(C)C)N(C)C(=O)[C@H](CC(C)C)N(C)C(=O)[C@@H](C)NC(=O)[C@H](C)CC(=O)[C@H](CC(C)C)N(C)C(=O)[C@H](C(C)C)CC(=O)[C@H]([C@@H](C)OCCCCN2CCOCC2)N(C)C(=O)[C@@H](C)N(C)C1=O. The average Bonchev–Trinajstić information content (AvgIpc) is 0.815. The molecule has 4 N–H and O–H groups in total. The van der Waals surface area contributed by atoms with E-state index < -0.39 is 161 Å². The van der Waals surface area contributed by atoms with Crippen molar-refractivity contribution in [1.82, 2.24) is 55.1 Å². The van der Waals surface area contributed by atoms with Crippen LogP contribution in [0.2, 0.25) is 0 Å². The third kappa shape index (κ3) is 26.9. The number of hydrogen-bond donors (Lipinski definition) is 4. The Kier molecular flexibility index (Phi) is 38.8.